The Morgan fingerprint density at radius 1 is 0.415 bits per heavy atom. The summed E-state index contributed by atoms with van der Waals surface area (Å²) in [5.41, 5.74) is 11.6. The second-order valence-corrected chi connectivity index (χ2v) is 10.4. The lowest BCUT2D eigenvalue weighted by molar-refractivity contribution is 1.18. The molecule has 0 atom stereocenters. The molecule has 2 aromatic heterocycles. The lowest BCUT2D eigenvalue weighted by Crippen LogP contribution is -2.01. The highest BCUT2D eigenvalue weighted by molar-refractivity contribution is 6.10. The molecule has 8 rings (SSSR count). The molecule has 0 aliphatic rings. The van der Waals surface area contributed by atoms with E-state index in [0.29, 0.717) is 0 Å². The van der Waals surface area contributed by atoms with Gasteiger partial charge in [-0.3, -0.25) is 4.98 Å². The molecule has 2 heterocycles. The van der Waals surface area contributed by atoms with Gasteiger partial charge in [-0.05, 0) is 57.3 Å². The maximum Gasteiger partial charge on any atom is 0.0963 e. The molecule has 0 radical (unpaired) electrons. The second kappa shape index (κ2) is 9.62. The van der Waals surface area contributed by atoms with E-state index in [9.17, 15) is 0 Å². The largest absolute Gasteiger partial charge is 0.306 e. The van der Waals surface area contributed by atoms with Gasteiger partial charge in [-0.1, -0.05) is 127 Å². The molecule has 0 unspecified atom stereocenters. The standard InChI is InChI=1S/C39H26N2/c1-3-12-28(13-4-1)33-20-10-21-34(29-14-5-2-6-15-29)39(33)41-36-22-11-25-40-38(36)35-24-23-30(26-37(35)41)32-19-9-17-27-16-7-8-18-31(27)32/h1-26H. The molecule has 0 bridgehead atoms. The van der Waals surface area contributed by atoms with Gasteiger partial charge in [-0.25, -0.2) is 0 Å². The van der Waals surface area contributed by atoms with Crippen molar-refractivity contribution in [2.75, 3.05) is 0 Å². The van der Waals surface area contributed by atoms with E-state index in [1.165, 1.54) is 44.2 Å². The molecule has 0 aliphatic carbocycles. The van der Waals surface area contributed by atoms with E-state index in [4.69, 9.17) is 4.98 Å². The summed E-state index contributed by atoms with van der Waals surface area (Å²) in [6.07, 6.45) is 1.89. The summed E-state index contributed by atoms with van der Waals surface area (Å²) in [6.45, 7) is 0. The van der Waals surface area contributed by atoms with Crippen molar-refractivity contribution in [3.63, 3.8) is 0 Å². The van der Waals surface area contributed by atoms with E-state index < -0.39 is 0 Å². The quantitative estimate of drug-likeness (QED) is 0.225. The maximum atomic E-state index is 4.89. The third-order valence-corrected chi connectivity index (χ3v) is 8.05. The summed E-state index contributed by atoms with van der Waals surface area (Å²) in [5.74, 6) is 0. The van der Waals surface area contributed by atoms with E-state index >= 15 is 0 Å². The molecule has 0 fully saturated rings. The third kappa shape index (κ3) is 3.84. The Morgan fingerprint density at radius 3 is 1.80 bits per heavy atom. The highest BCUT2D eigenvalue weighted by Gasteiger charge is 2.20. The molecule has 2 heteroatoms. The molecule has 41 heavy (non-hydrogen) atoms. The molecule has 6 aromatic carbocycles. The number of para-hydroxylation sites is 1. The van der Waals surface area contributed by atoms with Gasteiger partial charge in [-0.15, -0.1) is 0 Å². The Hall–Kier alpha value is -5.47. The van der Waals surface area contributed by atoms with Crippen molar-refractivity contribution in [2.45, 2.75) is 0 Å². The Kier molecular flexibility index (Phi) is 5.49. The molecule has 0 amide bonds. The highest BCUT2D eigenvalue weighted by Crippen LogP contribution is 2.42. The predicted molar refractivity (Wildman–Crippen MR) is 172 cm³/mol. The zero-order chi connectivity index (χ0) is 27.2. The number of benzene rings is 6. The van der Waals surface area contributed by atoms with E-state index in [1.807, 2.05) is 12.3 Å². The van der Waals surface area contributed by atoms with Crippen molar-refractivity contribution in [3.05, 3.63) is 158 Å². The van der Waals surface area contributed by atoms with Crippen LogP contribution in [0.25, 0.3) is 71.8 Å². The van der Waals surface area contributed by atoms with Gasteiger partial charge >= 0.3 is 0 Å². The van der Waals surface area contributed by atoms with E-state index in [2.05, 4.69) is 150 Å². The molecule has 0 N–H and O–H groups in total. The minimum absolute atomic E-state index is 1.01. The minimum Gasteiger partial charge on any atom is -0.306 e. The monoisotopic (exact) mass is 522 g/mol. The van der Waals surface area contributed by atoms with Crippen molar-refractivity contribution < 1.29 is 0 Å². The van der Waals surface area contributed by atoms with Gasteiger partial charge in [-0.2, -0.15) is 0 Å². The van der Waals surface area contributed by atoms with E-state index in [1.54, 1.807) is 0 Å². The van der Waals surface area contributed by atoms with Crippen molar-refractivity contribution >= 4 is 32.7 Å². The Labute approximate surface area is 238 Å². The second-order valence-electron chi connectivity index (χ2n) is 10.4. The molecule has 0 spiro atoms. The van der Waals surface area contributed by atoms with Crippen LogP contribution in [0.4, 0.5) is 0 Å². The van der Waals surface area contributed by atoms with Gasteiger partial charge in [0.2, 0.25) is 0 Å². The van der Waals surface area contributed by atoms with Crippen LogP contribution in [-0.2, 0) is 0 Å². The number of nitrogens with zero attached hydrogens (tertiary/aromatic N) is 2. The first-order valence-electron chi connectivity index (χ1n) is 14.0. The molecule has 192 valence electrons. The number of hydrogen-bond donors (Lipinski definition) is 0. The fourth-order valence-corrected chi connectivity index (χ4v) is 6.20. The zero-order valence-electron chi connectivity index (χ0n) is 22.4. The highest BCUT2D eigenvalue weighted by atomic mass is 15.0. The summed E-state index contributed by atoms with van der Waals surface area (Å²) in [5, 5.41) is 3.64. The first-order valence-corrected chi connectivity index (χ1v) is 14.0. The van der Waals surface area contributed by atoms with Crippen LogP contribution in [-0.4, -0.2) is 9.55 Å². The van der Waals surface area contributed by atoms with Gasteiger partial charge < -0.3 is 4.57 Å². The number of fused-ring (bicyclic) bond motifs is 4. The average Bonchev–Trinajstić information content (AvgIpc) is 3.38. The van der Waals surface area contributed by atoms with Crippen LogP contribution in [0, 0.1) is 0 Å². The first kappa shape index (κ1) is 23.4. The van der Waals surface area contributed by atoms with Crippen LogP contribution in [0.5, 0.6) is 0 Å². The van der Waals surface area contributed by atoms with Crippen molar-refractivity contribution in [3.8, 4) is 39.1 Å². The predicted octanol–water partition coefficient (Wildman–Crippen LogP) is 10.3. The zero-order valence-corrected chi connectivity index (χ0v) is 22.4. The summed E-state index contributed by atoms with van der Waals surface area (Å²) in [7, 11) is 0. The van der Waals surface area contributed by atoms with Gasteiger partial charge in [0.25, 0.3) is 0 Å². The number of hydrogen-bond acceptors (Lipinski definition) is 1. The molecule has 0 aliphatic heterocycles. The number of pyridine rings is 1. The lowest BCUT2D eigenvalue weighted by atomic mass is 9.95. The van der Waals surface area contributed by atoms with E-state index in [0.717, 1.165) is 27.6 Å². The van der Waals surface area contributed by atoms with E-state index in [-0.39, 0.29) is 0 Å². The molecule has 0 saturated heterocycles. The summed E-state index contributed by atoms with van der Waals surface area (Å²) >= 11 is 0. The van der Waals surface area contributed by atoms with Gasteiger partial charge in [0.1, 0.15) is 0 Å². The van der Waals surface area contributed by atoms with Crippen molar-refractivity contribution in [1.82, 2.24) is 9.55 Å². The first-order chi connectivity index (χ1) is 20.4. The molecular formula is C39H26N2. The van der Waals surface area contributed by atoms with Crippen LogP contribution in [0.2, 0.25) is 0 Å². The average molecular weight is 523 g/mol. The van der Waals surface area contributed by atoms with Crippen LogP contribution in [0.15, 0.2) is 158 Å². The van der Waals surface area contributed by atoms with Crippen LogP contribution >= 0.6 is 0 Å². The Bertz CT molecular complexity index is 2130. The fraction of sp³-hybridized carbons (Fsp3) is 0. The normalized spacial score (nSPS) is 11.4. The smallest absolute Gasteiger partial charge is 0.0963 e. The Morgan fingerprint density at radius 2 is 1.05 bits per heavy atom. The molecule has 0 saturated carbocycles. The SMILES string of the molecule is c1ccc(-c2cccc(-c3ccccc3)c2-n2c3cc(-c4cccc5ccccc45)ccc3c3ncccc32)cc1. The Balaban J connectivity index is 1.51. The van der Waals surface area contributed by atoms with Gasteiger partial charge in [0.15, 0.2) is 0 Å². The minimum atomic E-state index is 1.01. The molecule has 2 nitrogen and oxygen atoms in total. The van der Waals surface area contributed by atoms with Crippen LogP contribution in [0.3, 0.4) is 0 Å². The summed E-state index contributed by atoms with van der Waals surface area (Å²) in [6, 6.07) is 54.2. The van der Waals surface area contributed by atoms with Crippen molar-refractivity contribution in [2.24, 2.45) is 0 Å². The summed E-state index contributed by atoms with van der Waals surface area (Å²) < 4.78 is 2.43. The van der Waals surface area contributed by atoms with Crippen LogP contribution in [0.1, 0.15) is 0 Å². The van der Waals surface area contributed by atoms with Crippen LogP contribution < -0.4 is 0 Å². The number of rotatable bonds is 4. The third-order valence-electron chi connectivity index (χ3n) is 8.05. The lowest BCUT2D eigenvalue weighted by Gasteiger charge is -2.19. The number of aromatic nitrogens is 2. The molecular weight excluding hydrogens is 496 g/mol. The summed E-state index contributed by atoms with van der Waals surface area (Å²) in [4.78, 5) is 4.89. The van der Waals surface area contributed by atoms with Gasteiger partial charge in [0, 0.05) is 22.7 Å². The maximum absolute atomic E-state index is 4.89. The van der Waals surface area contributed by atoms with Crippen molar-refractivity contribution in [1.29, 1.82) is 0 Å². The topological polar surface area (TPSA) is 17.8 Å². The van der Waals surface area contributed by atoms with Gasteiger partial charge in [0.05, 0.1) is 22.2 Å². The molecule has 8 aromatic rings. The fourth-order valence-electron chi connectivity index (χ4n) is 6.20.